The number of amides is 1. The van der Waals surface area contributed by atoms with E-state index in [0.29, 0.717) is 11.8 Å². The van der Waals surface area contributed by atoms with Crippen molar-refractivity contribution in [1.29, 1.82) is 0 Å². The van der Waals surface area contributed by atoms with Crippen LogP contribution in [-0.2, 0) is 11.2 Å². The predicted molar refractivity (Wildman–Crippen MR) is 127 cm³/mol. The van der Waals surface area contributed by atoms with Crippen molar-refractivity contribution in [1.82, 2.24) is 14.8 Å². The Morgan fingerprint density at radius 2 is 1.84 bits per heavy atom. The molecule has 1 amide bonds. The predicted octanol–water partition coefficient (Wildman–Crippen LogP) is 5.14. The summed E-state index contributed by atoms with van der Waals surface area (Å²) in [6.45, 7) is 0.755. The summed E-state index contributed by atoms with van der Waals surface area (Å²) in [5, 5.41) is 9.92. The lowest BCUT2D eigenvalue weighted by atomic mass is 9.95. The Kier molecular flexibility index (Phi) is 6.17. The molecule has 0 bridgehead atoms. The Balaban J connectivity index is 1.38. The lowest BCUT2D eigenvalue weighted by Crippen LogP contribution is -2.30. The van der Waals surface area contributed by atoms with Crippen molar-refractivity contribution < 1.29 is 9.53 Å². The van der Waals surface area contributed by atoms with Crippen LogP contribution in [0.15, 0.2) is 53.7 Å². The Hall–Kier alpha value is -2.80. The van der Waals surface area contributed by atoms with Gasteiger partial charge in [-0.15, -0.1) is 10.2 Å². The Bertz CT molecular complexity index is 1090. The maximum atomic E-state index is 13.1. The van der Waals surface area contributed by atoms with Crippen LogP contribution in [0.25, 0.3) is 11.4 Å². The maximum absolute atomic E-state index is 13.1. The third-order valence-corrected chi connectivity index (χ3v) is 7.39. The molecule has 1 aliphatic carbocycles. The summed E-state index contributed by atoms with van der Waals surface area (Å²) < 4.78 is 7.58. The van der Waals surface area contributed by atoms with Gasteiger partial charge < -0.3 is 9.64 Å². The number of anilines is 1. The molecule has 1 aliphatic heterocycles. The zero-order valence-corrected chi connectivity index (χ0v) is 19.2. The Labute approximate surface area is 193 Å². The molecule has 166 valence electrons. The highest BCUT2D eigenvalue weighted by atomic mass is 32.2. The number of para-hydroxylation sites is 1. The largest absolute Gasteiger partial charge is 0.497 e. The van der Waals surface area contributed by atoms with Crippen molar-refractivity contribution in [3.8, 4) is 17.1 Å². The number of carbonyl (C=O) groups is 1. The molecule has 3 aromatic rings. The fourth-order valence-corrected chi connectivity index (χ4v) is 5.66. The average Bonchev–Trinajstić information content (AvgIpc) is 3.48. The van der Waals surface area contributed by atoms with Crippen molar-refractivity contribution in [2.75, 3.05) is 24.3 Å². The number of rotatable bonds is 6. The summed E-state index contributed by atoms with van der Waals surface area (Å²) in [6, 6.07) is 16.5. The second kappa shape index (κ2) is 9.36. The minimum atomic E-state index is 0.129. The molecule has 2 aromatic carbocycles. The maximum Gasteiger partial charge on any atom is 0.237 e. The first-order chi connectivity index (χ1) is 15.7. The molecule has 2 aliphatic rings. The van der Waals surface area contributed by atoms with Crippen LogP contribution >= 0.6 is 11.8 Å². The summed E-state index contributed by atoms with van der Waals surface area (Å²) in [6.07, 6.45) is 6.90. The topological polar surface area (TPSA) is 60.3 Å². The number of benzene rings is 2. The first kappa shape index (κ1) is 21.1. The van der Waals surface area contributed by atoms with Crippen molar-refractivity contribution >= 4 is 23.4 Å². The number of hydrogen-bond acceptors (Lipinski definition) is 5. The molecule has 5 rings (SSSR count). The fourth-order valence-electron chi connectivity index (χ4n) is 4.78. The monoisotopic (exact) mass is 448 g/mol. The summed E-state index contributed by atoms with van der Waals surface area (Å²) in [5.41, 5.74) is 3.32. The van der Waals surface area contributed by atoms with Gasteiger partial charge in [0.25, 0.3) is 0 Å². The lowest BCUT2D eigenvalue weighted by molar-refractivity contribution is -0.116. The van der Waals surface area contributed by atoms with Crippen LogP contribution in [0, 0.1) is 0 Å². The summed E-state index contributed by atoms with van der Waals surface area (Å²) in [7, 11) is 1.67. The van der Waals surface area contributed by atoms with Crippen LogP contribution < -0.4 is 9.64 Å². The van der Waals surface area contributed by atoms with Gasteiger partial charge in [0.2, 0.25) is 5.91 Å². The van der Waals surface area contributed by atoms with E-state index in [1.165, 1.54) is 36.6 Å². The SMILES string of the molecule is COc1ccc(-c2nnc(SCC(=O)N3CCc4ccccc43)n2C2CCCCC2)cc1. The van der Waals surface area contributed by atoms with Crippen molar-refractivity contribution in [2.24, 2.45) is 0 Å². The van der Waals surface area contributed by atoms with E-state index in [9.17, 15) is 4.79 Å². The molecule has 6 nitrogen and oxygen atoms in total. The van der Waals surface area contributed by atoms with Gasteiger partial charge in [-0.2, -0.15) is 0 Å². The number of fused-ring (bicyclic) bond motifs is 1. The lowest BCUT2D eigenvalue weighted by Gasteiger charge is -2.26. The normalized spacial score (nSPS) is 16.2. The highest BCUT2D eigenvalue weighted by Crippen LogP contribution is 2.36. The molecule has 0 atom stereocenters. The van der Waals surface area contributed by atoms with Crippen LogP contribution in [0.3, 0.4) is 0 Å². The quantitative estimate of drug-likeness (QED) is 0.489. The molecule has 0 saturated heterocycles. The van der Waals surface area contributed by atoms with Gasteiger partial charge >= 0.3 is 0 Å². The molecule has 2 heterocycles. The molecule has 32 heavy (non-hydrogen) atoms. The number of nitrogens with zero attached hydrogens (tertiary/aromatic N) is 4. The number of aromatic nitrogens is 3. The van der Waals surface area contributed by atoms with E-state index in [1.807, 2.05) is 47.4 Å². The van der Waals surface area contributed by atoms with E-state index in [0.717, 1.165) is 53.8 Å². The van der Waals surface area contributed by atoms with Gasteiger partial charge in [0, 0.05) is 23.8 Å². The number of hydrogen-bond donors (Lipinski definition) is 0. The third-order valence-electron chi connectivity index (χ3n) is 6.47. The van der Waals surface area contributed by atoms with Crippen LogP contribution in [0.2, 0.25) is 0 Å². The number of ether oxygens (including phenoxy) is 1. The van der Waals surface area contributed by atoms with Crippen molar-refractivity contribution in [2.45, 2.75) is 49.7 Å². The van der Waals surface area contributed by atoms with Gasteiger partial charge in [-0.1, -0.05) is 49.2 Å². The van der Waals surface area contributed by atoms with Crippen molar-refractivity contribution in [3.63, 3.8) is 0 Å². The first-order valence-electron chi connectivity index (χ1n) is 11.3. The average molecular weight is 449 g/mol. The van der Waals surface area contributed by atoms with Gasteiger partial charge in [0.05, 0.1) is 12.9 Å². The van der Waals surface area contributed by atoms with E-state index in [-0.39, 0.29) is 5.91 Å². The zero-order valence-electron chi connectivity index (χ0n) is 18.4. The molecule has 0 unspecified atom stereocenters. The van der Waals surface area contributed by atoms with Crippen LogP contribution in [-0.4, -0.2) is 40.1 Å². The van der Waals surface area contributed by atoms with Gasteiger partial charge in [-0.3, -0.25) is 9.36 Å². The van der Waals surface area contributed by atoms with E-state index in [2.05, 4.69) is 20.8 Å². The highest BCUT2D eigenvalue weighted by molar-refractivity contribution is 7.99. The molecule has 1 aromatic heterocycles. The molecule has 0 radical (unpaired) electrons. The standard InChI is InChI=1S/C25H28N4O2S/c1-31-21-13-11-19(12-14-21)24-26-27-25(29(24)20-8-3-2-4-9-20)32-17-23(30)28-16-15-18-7-5-6-10-22(18)28/h5-7,10-14,20H,2-4,8-9,15-17H2,1H3. The highest BCUT2D eigenvalue weighted by Gasteiger charge is 2.27. The van der Waals surface area contributed by atoms with Crippen molar-refractivity contribution in [3.05, 3.63) is 54.1 Å². The molecule has 1 saturated carbocycles. The Morgan fingerprint density at radius 1 is 1.06 bits per heavy atom. The van der Waals surface area contributed by atoms with Crippen LogP contribution in [0.5, 0.6) is 5.75 Å². The van der Waals surface area contributed by atoms with E-state index < -0.39 is 0 Å². The number of methoxy groups -OCH3 is 1. The number of carbonyl (C=O) groups excluding carboxylic acids is 1. The minimum absolute atomic E-state index is 0.129. The van der Waals surface area contributed by atoms with Gasteiger partial charge in [0.1, 0.15) is 5.75 Å². The van der Waals surface area contributed by atoms with Gasteiger partial charge in [-0.25, -0.2) is 0 Å². The fraction of sp³-hybridized carbons (Fsp3) is 0.400. The van der Waals surface area contributed by atoms with Crippen LogP contribution in [0.4, 0.5) is 5.69 Å². The summed E-state index contributed by atoms with van der Waals surface area (Å²) in [5.74, 6) is 2.19. The van der Waals surface area contributed by atoms with Gasteiger partial charge in [0.15, 0.2) is 11.0 Å². The molecule has 7 heteroatoms. The second-order valence-electron chi connectivity index (χ2n) is 8.41. The molecule has 0 spiro atoms. The first-order valence-corrected chi connectivity index (χ1v) is 12.3. The smallest absolute Gasteiger partial charge is 0.237 e. The van der Waals surface area contributed by atoms with E-state index in [1.54, 1.807) is 7.11 Å². The van der Waals surface area contributed by atoms with E-state index >= 15 is 0 Å². The summed E-state index contributed by atoms with van der Waals surface area (Å²) in [4.78, 5) is 15.0. The minimum Gasteiger partial charge on any atom is -0.497 e. The second-order valence-corrected chi connectivity index (χ2v) is 9.35. The van der Waals surface area contributed by atoms with Crippen LogP contribution in [0.1, 0.15) is 43.7 Å². The summed E-state index contributed by atoms with van der Waals surface area (Å²) >= 11 is 1.51. The third kappa shape index (κ3) is 4.13. The molecular formula is C25H28N4O2S. The zero-order chi connectivity index (χ0) is 21.9. The molecular weight excluding hydrogens is 420 g/mol. The number of thioether (sulfide) groups is 1. The molecule has 1 fully saturated rings. The Morgan fingerprint density at radius 3 is 2.62 bits per heavy atom. The molecule has 0 N–H and O–H groups in total. The van der Waals surface area contributed by atoms with Gasteiger partial charge in [-0.05, 0) is 55.2 Å². The van der Waals surface area contributed by atoms with E-state index in [4.69, 9.17) is 4.74 Å².